The van der Waals surface area contributed by atoms with Crippen molar-refractivity contribution in [2.45, 2.75) is 25.5 Å². The van der Waals surface area contributed by atoms with Gasteiger partial charge in [0.1, 0.15) is 0 Å². The average Bonchev–Trinajstić information content (AvgIpc) is 3.21. The smallest absolute Gasteiger partial charge is 0.319 e. The second-order valence-electron chi connectivity index (χ2n) is 6.34. The van der Waals surface area contributed by atoms with E-state index in [1.54, 1.807) is 24.3 Å². The molecule has 1 aliphatic rings. The fraction of sp³-hybridized carbons (Fsp3) is 0.300. The lowest BCUT2D eigenvalue weighted by atomic mass is 10.2. The van der Waals surface area contributed by atoms with Crippen LogP contribution >= 0.6 is 0 Å². The Kier molecular flexibility index (Phi) is 6.65. The Bertz CT molecular complexity index is 744. The van der Waals surface area contributed by atoms with E-state index < -0.39 is 0 Å². The van der Waals surface area contributed by atoms with Crippen molar-refractivity contribution >= 4 is 23.4 Å². The summed E-state index contributed by atoms with van der Waals surface area (Å²) in [6.07, 6.45) is 2.13. The Morgan fingerprint density at radius 2 is 1.52 bits per heavy atom. The maximum Gasteiger partial charge on any atom is 0.319 e. The second-order valence-corrected chi connectivity index (χ2v) is 6.34. The molecular weight excluding hydrogens is 344 g/mol. The molecule has 3 rings (SSSR count). The fourth-order valence-corrected chi connectivity index (χ4v) is 2.78. The van der Waals surface area contributed by atoms with Gasteiger partial charge in [-0.2, -0.15) is 0 Å². The molecular formula is C20H24N4O3. The van der Waals surface area contributed by atoms with Crippen LogP contribution in [-0.2, 0) is 11.3 Å². The second kappa shape index (κ2) is 9.59. The maximum atomic E-state index is 11.9. The van der Waals surface area contributed by atoms with Crippen molar-refractivity contribution in [3.8, 4) is 0 Å². The van der Waals surface area contributed by atoms with Crippen LogP contribution in [0.3, 0.4) is 0 Å². The Balaban J connectivity index is 1.39. The zero-order chi connectivity index (χ0) is 18.9. The topological polar surface area (TPSA) is 91.5 Å². The number of nitrogens with one attached hydrogen (secondary N) is 4. The Morgan fingerprint density at radius 3 is 2.11 bits per heavy atom. The molecule has 7 nitrogen and oxygen atoms in total. The molecule has 0 unspecified atom stereocenters. The monoisotopic (exact) mass is 368 g/mol. The van der Waals surface area contributed by atoms with Gasteiger partial charge in [-0.15, -0.1) is 0 Å². The molecule has 27 heavy (non-hydrogen) atoms. The average molecular weight is 368 g/mol. The predicted octanol–water partition coefficient (Wildman–Crippen LogP) is 3.31. The number of carbonyl (C=O) groups is 2. The summed E-state index contributed by atoms with van der Waals surface area (Å²) in [7, 11) is 0. The van der Waals surface area contributed by atoms with E-state index in [9.17, 15) is 9.59 Å². The summed E-state index contributed by atoms with van der Waals surface area (Å²) in [6.45, 7) is 1.73. The quantitative estimate of drug-likeness (QED) is 0.630. The Morgan fingerprint density at radius 1 is 0.889 bits per heavy atom. The molecule has 4 N–H and O–H groups in total. The number of rotatable bonds is 6. The van der Waals surface area contributed by atoms with Gasteiger partial charge in [-0.25, -0.2) is 9.59 Å². The zero-order valence-corrected chi connectivity index (χ0v) is 15.0. The number of amides is 4. The van der Waals surface area contributed by atoms with Crippen LogP contribution in [0.4, 0.5) is 21.0 Å². The molecule has 2 aromatic rings. The molecule has 7 heteroatoms. The molecule has 1 saturated heterocycles. The van der Waals surface area contributed by atoms with E-state index in [4.69, 9.17) is 4.74 Å². The molecule has 1 fully saturated rings. The van der Waals surface area contributed by atoms with E-state index in [1.165, 1.54) is 0 Å². The van der Waals surface area contributed by atoms with Crippen LogP contribution in [0.25, 0.3) is 0 Å². The van der Waals surface area contributed by atoms with Gasteiger partial charge in [-0.3, -0.25) is 0 Å². The lowest BCUT2D eigenvalue weighted by Gasteiger charge is -2.12. The molecule has 142 valence electrons. The third-order valence-corrected chi connectivity index (χ3v) is 4.21. The molecule has 0 radical (unpaired) electrons. The highest BCUT2D eigenvalue weighted by molar-refractivity contribution is 5.91. The fourth-order valence-electron chi connectivity index (χ4n) is 2.78. The lowest BCUT2D eigenvalue weighted by Crippen LogP contribution is -2.35. The largest absolute Gasteiger partial charge is 0.376 e. The lowest BCUT2D eigenvalue weighted by molar-refractivity contribution is 0.112. The SMILES string of the molecule is O=C(NCc1ccccc1)Nc1ccc(NC(=O)NC[C@@H]2CCCO2)cc1. The minimum absolute atomic E-state index is 0.108. The molecule has 1 heterocycles. The van der Waals surface area contributed by atoms with Crippen molar-refractivity contribution in [3.63, 3.8) is 0 Å². The molecule has 2 aromatic carbocycles. The van der Waals surface area contributed by atoms with Crippen LogP contribution in [0, 0.1) is 0 Å². The summed E-state index contributed by atoms with van der Waals surface area (Å²) < 4.78 is 5.47. The van der Waals surface area contributed by atoms with Gasteiger partial charge < -0.3 is 26.0 Å². The summed E-state index contributed by atoms with van der Waals surface area (Å²) in [5.74, 6) is 0. The van der Waals surface area contributed by atoms with Crippen LogP contribution in [0.2, 0.25) is 0 Å². The minimum atomic E-state index is -0.283. The van der Waals surface area contributed by atoms with Crippen molar-refractivity contribution < 1.29 is 14.3 Å². The van der Waals surface area contributed by atoms with Crippen molar-refractivity contribution in [2.24, 2.45) is 0 Å². The van der Waals surface area contributed by atoms with Gasteiger partial charge in [0, 0.05) is 31.1 Å². The number of ether oxygens (including phenoxy) is 1. The maximum absolute atomic E-state index is 11.9. The van der Waals surface area contributed by atoms with Crippen molar-refractivity contribution in [1.82, 2.24) is 10.6 Å². The summed E-state index contributed by atoms with van der Waals surface area (Å²) in [5.41, 5.74) is 2.32. The minimum Gasteiger partial charge on any atom is -0.376 e. The highest BCUT2D eigenvalue weighted by Gasteiger charge is 2.16. The van der Waals surface area contributed by atoms with Gasteiger partial charge in [0.05, 0.1) is 6.10 Å². The van der Waals surface area contributed by atoms with Crippen LogP contribution < -0.4 is 21.3 Å². The first-order valence-electron chi connectivity index (χ1n) is 9.04. The van der Waals surface area contributed by atoms with E-state index in [0.29, 0.717) is 24.5 Å². The van der Waals surface area contributed by atoms with Crippen molar-refractivity contribution in [2.75, 3.05) is 23.8 Å². The third kappa shape index (κ3) is 6.31. The first-order chi connectivity index (χ1) is 13.2. The number of hydrogen-bond acceptors (Lipinski definition) is 3. The standard InChI is InChI=1S/C20H24N4O3/c25-19(21-13-15-5-2-1-3-6-15)23-16-8-10-17(11-9-16)24-20(26)22-14-18-7-4-12-27-18/h1-3,5-6,8-11,18H,4,7,12-14H2,(H2,21,23,25)(H2,22,24,26)/t18-/m0/s1. The first-order valence-corrected chi connectivity index (χ1v) is 9.04. The van der Waals surface area contributed by atoms with E-state index in [2.05, 4.69) is 21.3 Å². The Labute approximate surface area is 158 Å². The molecule has 0 aliphatic carbocycles. The van der Waals surface area contributed by atoms with Gasteiger partial charge in [0.25, 0.3) is 0 Å². The summed E-state index contributed by atoms with van der Waals surface area (Å²) in [4.78, 5) is 23.8. The van der Waals surface area contributed by atoms with Gasteiger partial charge in [-0.05, 0) is 42.7 Å². The summed E-state index contributed by atoms with van der Waals surface area (Å²) in [6, 6.07) is 16.1. The van der Waals surface area contributed by atoms with E-state index in [-0.39, 0.29) is 18.2 Å². The predicted molar refractivity (Wildman–Crippen MR) is 105 cm³/mol. The summed E-state index contributed by atoms with van der Waals surface area (Å²) >= 11 is 0. The van der Waals surface area contributed by atoms with Crippen LogP contribution in [0.5, 0.6) is 0 Å². The van der Waals surface area contributed by atoms with Crippen molar-refractivity contribution in [1.29, 1.82) is 0 Å². The van der Waals surface area contributed by atoms with E-state index >= 15 is 0 Å². The number of hydrogen-bond donors (Lipinski definition) is 4. The van der Waals surface area contributed by atoms with Gasteiger partial charge in [0.15, 0.2) is 0 Å². The highest BCUT2D eigenvalue weighted by Crippen LogP contribution is 2.14. The van der Waals surface area contributed by atoms with Crippen LogP contribution in [0.15, 0.2) is 54.6 Å². The number of urea groups is 2. The van der Waals surface area contributed by atoms with E-state index in [1.807, 2.05) is 30.3 Å². The first kappa shape index (κ1) is 18.7. The molecule has 1 aliphatic heterocycles. The molecule has 1 atom stereocenters. The van der Waals surface area contributed by atoms with Gasteiger partial charge in [-0.1, -0.05) is 30.3 Å². The van der Waals surface area contributed by atoms with Crippen LogP contribution in [-0.4, -0.2) is 31.3 Å². The number of benzene rings is 2. The number of anilines is 2. The summed E-state index contributed by atoms with van der Waals surface area (Å²) in [5, 5.41) is 11.1. The molecule has 0 aromatic heterocycles. The van der Waals surface area contributed by atoms with Crippen molar-refractivity contribution in [3.05, 3.63) is 60.2 Å². The van der Waals surface area contributed by atoms with Gasteiger partial charge in [0.2, 0.25) is 0 Å². The third-order valence-electron chi connectivity index (χ3n) is 4.21. The normalized spacial score (nSPS) is 15.8. The highest BCUT2D eigenvalue weighted by atomic mass is 16.5. The molecule has 4 amide bonds. The zero-order valence-electron chi connectivity index (χ0n) is 15.0. The molecule has 0 bridgehead atoms. The Hall–Kier alpha value is -3.06. The number of carbonyl (C=O) groups excluding carboxylic acids is 2. The van der Waals surface area contributed by atoms with Crippen LogP contribution in [0.1, 0.15) is 18.4 Å². The molecule has 0 spiro atoms. The van der Waals surface area contributed by atoms with Gasteiger partial charge >= 0.3 is 12.1 Å². The van der Waals surface area contributed by atoms with E-state index in [0.717, 1.165) is 25.0 Å². The molecule has 0 saturated carbocycles.